The number of alkyl halides is 3. The molecule has 1 aromatic carbocycles. The van der Waals surface area contributed by atoms with Gasteiger partial charge in [0.25, 0.3) is 0 Å². The molecule has 1 amide bonds. The number of hydrogen-bond donors (Lipinski definition) is 2. The lowest BCUT2D eigenvalue weighted by atomic mass is 9.93. The van der Waals surface area contributed by atoms with Crippen molar-refractivity contribution in [2.24, 2.45) is 11.8 Å². The van der Waals surface area contributed by atoms with Crippen LogP contribution in [0.2, 0.25) is 0 Å². The second kappa shape index (κ2) is 11.4. The lowest BCUT2D eigenvalue weighted by Gasteiger charge is -2.25. The molecule has 5 heterocycles. The van der Waals surface area contributed by atoms with E-state index < -0.39 is 18.0 Å². The van der Waals surface area contributed by atoms with Crippen LogP contribution in [0.3, 0.4) is 0 Å². The first-order valence-electron chi connectivity index (χ1n) is 14.0. The number of alkyl carbamates (subject to hydrolysis) is 1. The lowest BCUT2D eigenvalue weighted by Crippen LogP contribution is -2.35. The van der Waals surface area contributed by atoms with Crippen LogP contribution >= 0.6 is 23.1 Å². The summed E-state index contributed by atoms with van der Waals surface area (Å²) in [6.07, 6.45) is -1.58. The van der Waals surface area contributed by atoms with E-state index in [0.717, 1.165) is 36.5 Å². The summed E-state index contributed by atoms with van der Waals surface area (Å²) >= 11 is 2.49. The molecule has 1 saturated heterocycles. The summed E-state index contributed by atoms with van der Waals surface area (Å²) in [6.45, 7) is 2.14. The summed E-state index contributed by atoms with van der Waals surface area (Å²) in [5, 5.41) is 7.53. The summed E-state index contributed by atoms with van der Waals surface area (Å²) in [7, 11) is 0. The van der Waals surface area contributed by atoms with Crippen molar-refractivity contribution in [3.8, 4) is 0 Å². The normalized spacial score (nSPS) is 21.2. The van der Waals surface area contributed by atoms with Gasteiger partial charge in [-0.05, 0) is 58.3 Å². The average Bonchev–Trinajstić information content (AvgIpc) is 3.37. The van der Waals surface area contributed by atoms with Gasteiger partial charge in [-0.25, -0.2) is 14.8 Å². The van der Waals surface area contributed by atoms with Gasteiger partial charge in [-0.2, -0.15) is 29.5 Å². The number of carbonyl (C=O) groups is 1. The number of benzene rings is 1. The Morgan fingerprint density at radius 1 is 1.14 bits per heavy atom. The molecular formula is C30H26F3N7O2S2. The third-order valence-electron chi connectivity index (χ3n) is 8.35. The monoisotopic (exact) mass is 637 g/mol. The number of aromatic nitrogens is 5. The topological polar surface area (TPSA) is 109 Å². The van der Waals surface area contributed by atoms with E-state index in [4.69, 9.17) is 4.74 Å². The smallest absolute Gasteiger partial charge is 0.434 e. The molecule has 1 aliphatic heterocycles. The van der Waals surface area contributed by atoms with Crippen LogP contribution in [0.15, 0.2) is 81.6 Å². The van der Waals surface area contributed by atoms with Crippen molar-refractivity contribution in [2.75, 3.05) is 24.5 Å². The number of rotatable bonds is 8. The Labute approximate surface area is 258 Å². The zero-order valence-corrected chi connectivity index (χ0v) is 24.8. The van der Waals surface area contributed by atoms with Crippen LogP contribution in [0.5, 0.6) is 0 Å². The highest BCUT2D eigenvalue weighted by atomic mass is 32.2. The molecule has 44 heavy (non-hydrogen) atoms. The SMILES string of the molecule is O=C(NCC1(c2ccsc2)C2CCN(c3nc4ncc(Sc5cccnc5C(F)(F)F)nc4[nH]3)CC21)OCc1ccccc1. The molecule has 0 radical (unpaired) electrons. The fourth-order valence-electron chi connectivity index (χ4n) is 6.25. The number of pyridine rings is 1. The molecule has 0 spiro atoms. The van der Waals surface area contributed by atoms with Crippen molar-refractivity contribution in [3.05, 3.63) is 88.5 Å². The molecule has 0 bridgehead atoms. The van der Waals surface area contributed by atoms with Gasteiger partial charge in [-0.3, -0.25) is 4.98 Å². The number of amides is 1. The predicted molar refractivity (Wildman–Crippen MR) is 159 cm³/mol. The Balaban J connectivity index is 1.05. The maximum atomic E-state index is 13.4. The number of aromatic amines is 1. The summed E-state index contributed by atoms with van der Waals surface area (Å²) in [6, 6.07) is 14.5. The van der Waals surface area contributed by atoms with E-state index in [9.17, 15) is 18.0 Å². The van der Waals surface area contributed by atoms with E-state index in [1.807, 2.05) is 30.3 Å². The van der Waals surface area contributed by atoms with E-state index in [-0.39, 0.29) is 22.8 Å². The molecule has 1 saturated carbocycles. The Hall–Kier alpha value is -4.17. The van der Waals surface area contributed by atoms with Crippen LogP contribution in [-0.2, 0) is 22.9 Å². The van der Waals surface area contributed by atoms with Crippen LogP contribution in [0.1, 0.15) is 23.2 Å². The Bertz CT molecular complexity index is 1780. The molecule has 1 aliphatic carbocycles. The highest BCUT2D eigenvalue weighted by molar-refractivity contribution is 7.99. The number of carbonyl (C=O) groups excluding carboxylic acids is 1. The summed E-state index contributed by atoms with van der Waals surface area (Å²) in [5.74, 6) is 1.29. The fraction of sp³-hybridized carbons (Fsp3) is 0.300. The number of ether oxygens (including phenoxy) is 1. The minimum atomic E-state index is -4.58. The Kier molecular flexibility index (Phi) is 7.41. The van der Waals surface area contributed by atoms with Gasteiger partial charge in [0, 0.05) is 36.1 Å². The number of nitrogens with one attached hydrogen (secondary N) is 2. The first-order valence-corrected chi connectivity index (χ1v) is 15.7. The molecule has 2 aliphatic rings. The molecule has 226 valence electrons. The second-order valence-electron chi connectivity index (χ2n) is 10.8. The van der Waals surface area contributed by atoms with Gasteiger partial charge in [0.1, 0.15) is 11.6 Å². The second-order valence-corrected chi connectivity index (χ2v) is 12.6. The van der Waals surface area contributed by atoms with Crippen molar-refractivity contribution in [2.45, 2.75) is 34.5 Å². The number of nitrogens with zero attached hydrogens (tertiary/aromatic N) is 5. The van der Waals surface area contributed by atoms with Gasteiger partial charge in [-0.15, -0.1) is 0 Å². The number of imidazole rings is 1. The zero-order valence-electron chi connectivity index (χ0n) is 23.1. The van der Waals surface area contributed by atoms with Crippen LogP contribution in [0.25, 0.3) is 11.3 Å². The van der Waals surface area contributed by atoms with Crippen molar-refractivity contribution >= 4 is 46.4 Å². The third kappa shape index (κ3) is 5.47. The molecule has 5 aromatic rings. The fourth-order valence-corrected chi connectivity index (χ4v) is 7.88. The Morgan fingerprint density at radius 3 is 2.80 bits per heavy atom. The first-order chi connectivity index (χ1) is 21.3. The quantitative estimate of drug-likeness (QED) is 0.204. The van der Waals surface area contributed by atoms with Gasteiger partial charge in [0.2, 0.25) is 5.95 Å². The molecule has 2 N–H and O–H groups in total. The summed E-state index contributed by atoms with van der Waals surface area (Å²) < 4.78 is 45.7. The third-order valence-corrected chi connectivity index (χ3v) is 9.99. The minimum Gasteiger partial charge on any atom is -0.445 e. The van der Waals surface area contributed by atoms with Crippen molar-refractivity contribution < 1.29 is 22.7 Å². The predicted octanol–water partition coefficient (Wildman–Crippen LogP) is 6.30. The number of anilines is 1. The highest BCUT2D eigenvalue weighted by Crippen LogP contribution is 2.63. The molecule has 4 aromatic heterocycles. The van der Waals surface area contributed by atoms with E-state index >= 15 is 0 Å². The lowest BCUT2D eigenvalue weighted by molar-refractivity contribution is -0.143. The van der Waals surface area contributed by atoms with Crippen LogP contribution in [-0.4, -0.2) is 50.6 Å². The largest absolute Gasteiger partial charge is 0.445 e. The number of hydrogen-bond acceptors (Lipinski definition) is 9. The highest BCUT2D eigenvalue weighted by Gasteiger charge is 2.66. The molecule has 7 rings (SSSR count). The van der Waals surface area contributed by atoms with E-state index in [1.54, 1.807) is 11.3 Å². The van der Waals surface area contributed by atoms with Crippen molar-refractivity contribution in [3.63, 3.8) is 0 Å². The minimum absolute atomic E-state index is 0.0495. The standard InChI is InChI=1S/C30H26F3N7O2S2/c31-30(32,33)24-22(7-4-10-34-24)44-23-13-35-25-26(37-23)39-27(38-25)40-11-8-20-21(14-40)29(20,19-9-12-43-16-19)17-36-28(41)42-15-18-5-2-1-3-6-18/h1-7,9-10,12-13,16,20-21H,8,11,14-15,17H2,(H,36,41)(H,35,37,38,39). The number of halogens is 3. The molecule has 3 unspecified atom stereocenters. The van der Waals surface area contributed by atoms with Crippen LogP contribution in [0.4, 0.5) is 23.9 Å². The summed E-state index contributed by atoms with van der Waals surface area (Å²) in [4.78, 5) is 35.0. The molecular weight excluding hydrogens is 612 g/mol. The molecule has 3 atom stereocenters. The zero-order chi connectivity index (χ0) is 30.3. The maximum Gasteiger partial charge on any atom is 0.434 e. The summed E-state index contributed by atoms with van der Waals surface area (Å²) in [5.41, 5.74) is 1.76. The van der Waals surface area contributed by atoms with Gasteiger partial charge < -0.3 is 19.9 Å². The number of thiophene rings is 1. The Morgan fingerprint density at radius 2 is 2.00 bits per heavy atom. The van der Waals surface area contributed by atoms with Gasteiger partial charge in [0.15, 0.2) is 17.0 Å². The first kappa shape index (κ1) is 28.6. The van der Waals surface area contributed by atoms with Crippen molar-refractivity contribution in [1.29, 1.82) is 0 Å². The van der Waals surface area contributed by atoms with E-state index in [2.05, 4.69) is 52.0 Å². The maximum absolute atomic E-state index is 13.4. The van der Waals surface area contributed by atoms with Crippen LogP contribution in [0, 0.1) is 11.8 Å². The number of piperidine rings is 1. The van der Waals surface area contributed by atoms with E-state index in [1.165, 1.54) is 23.9 Å². The van der Waals surface area contributed by atoms with Crippen molar-refractivity contribution in [1.82, 2.24) is 30.2 Å². The number of H-pyrrole nitrogens is 1. The molecule has 14 heteroatoms. The van der Waals surface area contributed by atoms with E-state index in [0.29, 0.717) is 41.3 Å². The molecule has 9 nitrogen and oxygen atoms in total. The van der Waals surface area contributed by atoms with Gasteiger partial charge >= 0.3 is 12.3 Å². The number of fused-ring (bicyclic) bond motifs is 2. The van der Waals surface area contributed by atoms with Gasteiger partial charge in [0.05, 0.1) is 6.20 Å². The van der Waals surface area contributed by atoms with Gasteiger partial charge in [-0.1, -0.05) is 42.1 Å². The average molecular weight is 638 g/mol. The molecule has 2 fully saturated rings. The van der Waals surface area contributed by atoms with Crippen LogP contribution < -0.4 is 10.2 Å².